The number of anilines is 1. The molecule has 0 aliphatic carbocycles. The molecule has 0 fully saturated rings. The lowest BCUT2D eigenvalue weighted by molar-refractivity contribution is 0.475. The molecule has 0 spiro atoms. The summed E-state index contributed by atoms with van der Waals surface area (Å²) in [6, 6.07) is 12.2. The number of hydrogen-bond donors (Lipinski definition) is 3. The molecule has 7 heteroatoms. The fraction of sp³-hybridized carbons (Fsp3) is 0.0714. The molecule has 0 bridgehead atoms. The molecule has 0 aliphatic rings. The van der Waals surface area contributed by atoms with Gasteiger partial charge in [-0.1, -0.05) is 0 Å². The largest absolute Gasteiger partial charge is 0.508 e. The molecule has 0 saturated heterocycles. The Morgan fingerprint density at radius 2 is 1.62 bits per heavy atom. The van der Waals surface area contributed by atoms with Gasteiger partial charge in [-0.05, 0) is 61.0 Å². The normalized spacial score (nSPS) is 12.2. The van der Waals surface area contributed by atoms with Crippen molar-refractivity contribution in [3.8, 4) is 5.75 Å². The van der Waals surface area contributed by atoms with Crippen LogP contribution in [0, 0.1) is 0 Å². The van der Waals surface area contributed by atoms with E-state index in [1.54, 1.807) is 31.2 Å². The predicted octanol–water partition coefficient (Wildman–Crippen LogP) is 2.48. The molecule has 6 nitrogen and oxygen atoms in total. The van der Waals surface area contributed by atoms with E-state index in [0.717, 1.165) is 5.56 Å². The first-order valence-electron chi connectivity index (χ1n) is 6.03. The Balaban J connectivity index is 2.11. The highest BCUT2D eigenvalue weighted by Gasteiger charge is 2.08. The quantitative estimate of drug-likeness (QED) is 0.458. The van der Waals surface area contributed by atoms with Crippen LogP contribution in [0.3, 0.4) is 0 Å². The third kappa shape index (κ3) is 4.04. The molecular weight excluding hydrogens is 292 g/mol. The maximum atomic E-state index is 10.9. The highest BCUT2D eigenvalue weighted by atomic mass is 32.2. The van der Waals surface area contributed by atoms with Crippen molar-refractivity contribution < 1.29 is 18.1 Å². The van der Waals surface area contributed by atoms with E-state index in [4.69, 9.17) is 4.55 Å². The van der Waals surface area contributed by atoms with Crippen LogP contribution in [-0.4, -0.2) is 23.8 Å². The van der Waals surface area contributed by atoms with Crippen LogP contribution in [0.4, 0.5) is 5.69 Å². The lowest BCUT2D eigenvalue weighted by Crippen LogP contribution is -2.00. The summed E-state index contributed by atoms with van der Waals surface area (Å²) in [5.74, 6) is 0.181. The average molecular weight is 306 g/mol. The van der Waals surface area contributed by atoms with E-state index >= 15 is 0 Å². The minimum Gasteiger partial charge on any atom is -0.508 e. The number of phenols is 1. The predicted molar refractivity (Wildman–Crippen MR) is 80.2 cm³/mol. The molecule has 0 unspecified atom stereocenters. The van der Waals surface area contributed by atoms with Gasteiger partial charge in [0.15, 0.2) is 0 Å². The van der Waals surface area contributed by atoms with Crippen molar-refractivity contribution in [2.24, 2.45) is 5.10 Å². The van der Waals surface area contributed by atoms with Gasteiger partial charge in [-0.15, -0.1) is 0 Å². The van der Waals surface area contributed by atoms with Crippen LogP contribution in [0.1, 0.15) is 12.5 Å². The fourth-order valence-electron chi connectivity index (χ4n) is 1.62. The van der Waals surface area contributed by atoms with Crippen LogP contribution in [-0.2, 0) is 10.1 Å². The number of benzene rings is 2. The van der Waals surface area contributed by atoms with Crippen LogP contribution in [0.2, 0.25) is 0 Å². The van der Waals surface area contributed by atoms with Crippen LogP contribution in [0.15, 0.2) is 58.5 Å². The van der Waals surface area contributed by atoms with E-state index in [1.165, 1.54) is 24.3 Å². The Kier molecular flexibility index (Phi) is 4.25. The van der Waals surface area contributed by atoms with Crippen molar-refractivity contribution in [3.05, 3.63) is 54.1 Å². The molecule has 0 amide bonds. The number of nitrogens with one attached hydrogen (secondary N) is 1. The zero-order valence-corrected chi connectivity index (χ0v) is 12.0. The molecule has 0 aromatic heterocycles. The van der Waals surface area contributed by atoms with E-state index < -0.39 is 10.1 Å². The smallest absolute Gasteiger partial charge is 0.294 e. The number of nitrogens with zero attached hydrogens (tertiary/aromatic N) is 1. The van der Waals surface area contributed by atoms with Crippen LogP contribution >= 0.6 is 0 Å². The van der Waals surface area contributed by atoms with Crippen molar-refractivity contribution in [1.29, 1.82) is 0 Å². The van der Waals surface area contributed by atoms with Gasteiger partial charge in [-0.25, -0.2) is 0 Å². The number of hydrogen-bond acceptors (Lipinski definition) is 5. The summed E-state index contributed by atoms with van der Waals surface area (Å²) in [4.78, 5) is -0.174. The monoisotopic (exact) mass is 306 g/mol. The molecule has 110 valence electrons. The van der Waals surface area contributed by atoms with E-state index in [2.05, 4.69) is 10.5 Å². The van der Waals surface area contributed by atoms with Crippen molar-refractivity contribution in [3.63, 3.8) is 0 Å². The van der Waals surface area contributed by atoms with Gasteiger partial charge in [-0.3, -0.25) is 9.98 Å². The number of aromatic hydroxyl groups is 1. The Labute approximate surface area is 122 Å². The first-order chi connectivity index (χ1) is 9.86. The molecule has 0 radical (unpaired) electrons. The van der Waals surface area contributed by atoms with Crippen LogP contribution in [0.25, 0.3) is 0 Å². The van der Waals surface area contributed by atoms with Crippen molar-refractivity contribution in [1.82, 2.24) is 0 Å². The van der Waals surface area contributed by atoms with Gasteiger partial charge in [0.05, 0.1) is 16.3 Å². The molecular formula is C14H14N2O4S. The Morgan fingerprint density at radius 3 is 2.14 bits per heavy atom. The summed E-state index contributed by atoms with van der Waals surface area (Å²) in [5, 5.41) is 13.4. The molecule has 21 heavy (non-hydrogen) atoms. The number of rotatable bonds is 4. The second-order valence-corrected chi connectivity index (χ2v) is 5.78. The SMILES string of the molecule is CC(=NNc1ccc(S(=O)(=O)O)cc1)c1ccc(O)cc1. The van der Waals surface area contributed by atoms with Gasteiger partial charge in [0.2, 0.25) is 0 Å². The zero-order valence-electron chi connectivity index (χ0n) is 11.2. The van der Waals surface area contributed by atoms with Gasteiger partial charge in [0, 0.05) is 0 Å². The van der Waals surface area contributed by atoms with Gasteiger partial charge in [0.1, 0.15) is 5.75 Å². The van der Waals surface area contributed by atoms with Crippen LogP contribution < -0.4 is 5.43 Å². The standard InChI is InChI=1S/C14H14N2O4S/c1-10(11-2-6-13(17)7-3-11)15-16-12-4-8-14(9-5-12)21(18,19)20/h2-9,16-17H,1H3,(H,18,19,20). The topological polar surface area (TPSA) is 99.0 Å². The fourth-order valence-corrected chi connectivity index (χ4v) is 2.10. The summed E-state index contributed by atoms with van der Waals surface area (Å²) in [6.07, 6.45) is 0. The van der Waals surface area contributed by atoms with Gasteiger partial charge < -0.3 is 5.11 Å². The second-order valence-electron chi connectivity index (χ2n) is 4.36. The summed E-state index contributed by atoms with van der Waals surface area (Å²) in [6.45, 7) is 1.80. The van der Waals surface area contributed by atoms with E-state index in [1.807, 2.05) is 0 Å². The molecule has 2 aromatic carbocycles. The number of hydrazone groups is 1. The number of phenolic OH excluding ortho intramolecular Hbond substituents is 1. The van der Waals surface area contributed by atoms with Crippen molar-refractivity contribution in [2.75, 3.05) is 5.43 Å². The van der Waals surface area contributed by atoms with Gasteiger partial charge in [0.25, 0.3) is 10.1 Å². The molecule has 0 heterocycles. The summed E-state index contributed by atoms with van der Waals surface area (Å²) in [7, 11) is -4.19. The van der Waals surface area contributed by atoms with Crippen molar-refractivity contribution >= 4 is 21.5 Å². The molecule has 2 rings (SSSR count). The highest BCUT2D eigenvalue weighted by Crippen LogP contribution is 2.14. The summed E-state index contributed by atoms with van der Waals surface area (Å²) < 4.78 is 30.7. The molecule has 0 saturated carbocycles. The Hall–Kier alpha value is -2.38. The van der Waals surface area contributed by atoms with E-state index in [9.17, 15) is 13.5 Å². The van der Waals surface area contributed by atoms with E-state index in [0.29, 0.717) is 11.4 Å². The minimum absolute atomic E-state index is 0.174. The average Bonchev–Trinajstić information content (AvgIpc) is 2.45. The first-order valence-corrected chi connectivity index (χ1v) is 7.47. The van der Waals surface area contributed by atoms with Gasteiger partial charge in [-0.2, -0.15) is 13.5 Å². The highest BCUT2D eigenvalue weighted by molar-refractivity contribution is 7.85. The lowest BCUT2D eigenvalue weighted by atomic mass is 10.1. The Bertz CT molecular complexity index is 751. The van der Waals surface area contributed by atoms with Gasteiger partial charge >= 0.3 is 0 Å². The maximum absolute atomic E-state index is 10.9. The molecule has 0 atom stereocenters. The van der Waals surface area contributed by atoms with E-state index in [-0.39, 0.29) is 10.6 Å². The summed E-state index contributed by atoms with van der Waals surface area (Å²) in [5.41, 5.74) is 4.91. The molecule has 2 aromatic rings. The first kappa shape index (κ1) is 15.0. The summed E-state index contributed by atoms with van der Waals surface area (Å²) >= 11 is 0. The third-order valence-corrected chi connectivity index (χ3v) is 3.66. The van der Waals surface area contributed by atoms with Crippen LogP contribution in [0.5, 0.6) is 5.75 Å². The minimum atomic E-state index is -4.19. The second kappa shape index (κ2) is 5.94. The maximum Gasteiger partial charge on any atom is 0.294 e. The third-order valence-electron chi connectivity index (χ3n) is 2.79. The zero-order chi connectivity index (χ0) is 15.5. The lowest BCUT2D eigenvalue weighted by Gasteiger charge is -2.04. The van der Waals surface area contributed by atoms with Crippen molar-refractivity contribution in [2.45, 2.75) is 11.8 Å². The Morgan fingerprint density at radius 1 is 1.05 bits per heavy atom. The molecule has 3 N–H and O–H groups in total. The molecule has 0 aliphatic heterocycles.